The average Bonchev–Trinajstić information content (AvgIpc) is 2.49. The number of ether oxygens (including phenoxy) is 2. The van der Waals surface area contributed by atoms with E-state index in [0.29, 0.717) is 25.2 Å². The molecule has 5 nitrogen and oxygen atoms in total. The molecule has 17 heavy (non-hydrogen) atoms. The zero-order valence-corrected chi connectivity index (χ0v) is 10.7. The molecule has 0 radical (unpaired) electrons. The predicted molar refractivity (Wildman–Crippen MR) is 64.1 cm³/mol. The van der Waals surface area contributed by atoms with Crippen molar-refractivity contribution >= 4 is 5.97 Å². The van der Waals surface area contributed by atoms with Gasteiger partial charge in [0.05, 0.1) is 32.8 Å². The number of hydrogen-bond acceptors (Lipinski definition) is 4. The number of carboxylic acids is 1. The SMILES string of the molecule is CC(C)N1CCOCC(COCCC(=O)O)C1. The highest BCUT2D eigenvalue weighted by atomic mass is 16.5. The molecule has 1 fully saturated rings. The summed E-state index contributed by atoms with van der Waals surface area (Å²) >= 11 is 0. The van der Waals surface area contributed by atoms with Gasteiger partial charge < -0.3 is 14.6 Å². The highest BCUT2D eigenvalue weighted by Crippen LogP contribution is 2.10. The Bertz CT molecular complexity index is 233. The van der Waals surface area contributed by atoms with Crippen LogP contribution in [0.2, 0.25) is 0 Å². The van der Waals surface area contributed by atoms with Crippen LogP contribution in [0.15, 0.2) is 0 Å². The molecule has 1 aliphatic rings. The highest BCUT2D eigenvalue weighted by molar-refractivity contribution is 5.66. The molecule has 0 aliphatic carbocycles. The summed E-state index contributed by atoms with van der Waals surface area (Å²) in [5.41, 5.74) is 0. The van der Waals surface area contributed by atoms with Crippen LogP contribution in [0.1, 0.15) is 20.3 Å². The third-order valence-electron chi connectivity index (χ3n) is 2.91. The van der Waals surface area contributed by atoms with Gasteiger partial charge in [-0.25, -0.2) is 0 Å². The van der Waals surface area contributed by atoms with Gasteiger partial charge in [0.15, 0.2) is 0 Å². The van der Waals surface area contributed by atoms with E-state index in [2.05, 4.69) is 18.7 Å². The number of aliphatic carboxylic acids is 1. The van der Waals surface area contributed by atoms with E-state index in [0.717, 1.165) is 19.7 Å². The van der Waals surface area contributed by atoms with Crippen LogP contribution in [0.3, 0.4) is 0 Å². The number of carbonyl (C=O) groups is 1. The Balaban J connectivity index is 2.24. The highest BCUT2D eigenvalue weighted by Gasteiger charge is 2.20. The van der Waals surface area contributed by atoms with Gasteiger partial charge in [0.2, 0.25) is 0 Å². The third kappa shape index (κ3) is 6.00. The van der Waals surface area contributed by atoms with E-state index in [1.165, 1.54) is 0 Å². The Morgan fingerprint density at radius 3 is 3.00 bits per heavy atom. The van der Waals surface area contributed by atoms with Crippen LogP contribution >= 0.6 is 0 Å². The van der Waals surface area contributed by atoms with Gasteiger partial charge in [-0.2, -0.15) is 0 Å². The lowest BCUT2D eigenvalue weighted by Gasteiger charge is -2.26. The van der Waals surface area contributed by atoms with E-state index in [-0.39, 0.29) is 13.0 Å². The Labute approximate surface area is 103 Å². The van der Waals surface area contributed by atoms with Crippen molar-refractivity contribution in [2.24, 2.45) is 5.92 Å². The molecule has 0 aromatic rings. The maximum atomic E-state index is 10.3. The summed E-state index contributed by atoms with van der Waals surface area (Å²) in [5.74, 6) is -0.473. The first-order valence-corrected chi connectivity index (χ1v) is 6.21. The minimum atomic E-state index is -0.814. The fourth-order valence-electron chi connectivity index (χ4n) is 1.89. The molecule has 5 heteroatoms. The second-order valence-electron chi connectivity index (χ2n) is 4.75. The van der Waals surface area contributed by atoms with Crippen LogP contribution in [0, 0.1) is 5.92 Å². The van der Waals surface area contributed by atoms with E-state index in [9.17, 15) is 4.79 Å². The fourth-order valence-corrected chi connectivity index (χ4v) is 1.89. The molecule has 1 unspecified atom stereocenters. The van der Waals surface area contributed by atoms with Gasteiger partial charge in [-0.15, -0.1) is 0 Å². The van der Waals surface area contributed by atoms with Crippen molar-refractivity contribution in [3.63, 3.8) is 0 Å². The monoisotopic (exact) mass is 245 g/mol. The summed E-state index contributed by atoms with van der Waals surface area (Å²) in [4.78, 5) is 12.7. The summed E-state index contributed by atoms with van der Waals surface area (Å²) in [5, 5.41) is 8.50. The van der Waals surface area contributed by atoms with E-state index in [1.807, 2.05) is 0 Å². The lowest BCUT2D eigenvalue weighted by molar-refractivity contribution is -0.138. The zero-order valence-electron chi connectivity index (χ0n) is 10.7. The van der Waals surface area contributed by atoms with Gasteiger partial charge in [0.25, 0.3) is 0 Å². The average molecular weight is 245 g/mol. The van der Waals surface area contributed by atoms with Crippen molar-refractivity contribution in [3.8, 4) is 0 Å². The summed E-state index contributed by atoms with van der Waals surface area (Å²) in [7, 11) is 0. The predicted octanol–water partition coefficient (Wildman–Crippen LogP) is 0.835. The van der Waals surface area contributed by atoms with Crippen molar-refractivity contribution in [2.75, 3.05) is 39.5 Å². The second kappa shape index (κ2) is 7.63. The minimum absolute atomic E-state index is 0.0709. The van der Waals surface area contributed by atoms with Crippen LogP contribution < -0.4 is 0 Å². The smallest absolute Gasteiger partial charge is 0.305 e. The molecule has 0 amide bonds. The maximum absolute atomic E-state index is 10.3. The summed E-state index contributed by atoms with van der Waals surface area (Å²) in [6.07, 6.45) is 0.0709. The molecule has 1 atom stereocenters. The normalized spacial score (nSPS) is 22.6. The fraction of sp³-hybridized carbons (Fsp3) is 0.917. The topological polar surface area (TPSA) is 59.0 Å². The molecular formula is C12H23NO4. The number of rotatable bonds is 6. The summed E-state index contributed by atoms with van der Waals surface area (Å²) in [6.45, 7) is 8.61. The Kier molecular flexibility index (Phi) is 6.47. The van der Waals surface area contributed by atoms with Crippen molar-refractivity contribution < 1.29 is 19.4 Å². The van der Waals surface area contributed by atoms with Crippen LogP contribution in [-0.4, -0.2) is 61.5 Å². The van der Waals surface area contributed by atoms with E-state index in [4.69, 9.17) is 14.6 Å². The minimum Gasteiger partial charge on any atom is -0.481 e. The molecule has 0 aromatic heterocycles. The van der Waals surface area contributed by atoms with E-state index < -0.39 is 5.97 Å². The maximum Gasteiger partial charge on any atom is 0.305 e. The summed E-state index contributed by atoms with van der Waals surface area (Å²) < 4.78 is 10.9. The number of hydrogen-bond donors (Lipinski definition) is 1. The third-order valence-corrected chi connectivity index (χ3v) is 2.91. The molecule has 0 spiro atoms. The Hall–Kier alpha value is -0.650. The molecule has 0 saturated carbocycles. The molecule has 0 bridgehead atoms. The largest absolute Gasteiger partial charge is 0.481 e. The second-order valence-corrected chi connectivity index (χ2v) is 4.75. The van der Waals surface area contributed by atoms with Crippen molar-refractivity contribution in [3.05, 3.63) is 0 Å². The first-order valence-electron chi connectivity index (χ1n) is 6.21. The van der Waals surface area contributed by atoms with Gasteiger partial charge in [-0.1, -0.05) is 0 Å². The van der Waals surface area contributed by atoms with Gasteiger partial charge >= 0.3 is 5.97 Å². The van der Waals surface area contributed by atoms with Gasteiger partial charge in [0, 0.05) is 25.0 Å². The van der Waals surface area contributed by atoms with Crippen LogP contribution in [0.4, 0.5) is 0 Å². The first-order chi connectivity index (χ1) is 8.09. The standard InChI is InChI=1S/C12H23NO4/c1-10(2)13-4-6-17-9-11(7-13)8-16-5-3-12(14)15/h10-11H,3-9H2,1-2H3,(H,14,15). The molecule has 1 rings (SSSR count). The quantitative estimate of drug-likeness (QED) is 0.703. The molecule has 100 valence electrons. The zero-order chi connectivity index (χ0) is 12.7. The molecule has 1 saturated heterocycles. The molecule has 1 heterocycles. The number of carboxylic acid groups (broad SMARTS) is 1. The molecule has 1 aliphatic heterocycles. The van der Waals surface area contributed by atoms with E-state index >= 15 is 0 Å². The molecular weight excluding hydrogens is 222 g/mol. The van der Waals surface area contributed by atoms with Crippen LogP contribution in [-0.2, 0) is 14.3 Å². The Morgan fingerprint density at radius 1 is 1.59 bits per heavy atom. The summed E-state index contributed by atoms with van der Waals surface area (Å²) in [6, 6.07) is 0.512. The van der Waals surface area contributed by atoms with Crippen molar-refractivity contribution in [2.45, 2.75) is 26.3 Å². The molecule has 1 N–H and O–H groups in total. The Morgan fingerprint density at radius 2 is 2.35 bits per heavy atom. The van der Waals surface area contributed by atoms with Crippen LogP contribution in [0.5, 0.6) is 0 Å². The lowest BCUT2D eigenvalue weighted by Crippen LogP contribution is -2.37. The van der Waals surface area contributed by atoms with Gasteiger partial charge in [0.1, 0.15) is 0 Å². The van der Waals surface area contributed by atoms with E-state index in [1.54, 1.807) is 0 Å². The van der Waals surface area contributed by atoms with Gasteiger partial charge in [-0.3, -0.25) is 9.69 Å². The van der Waals surface area contributed by atoms with Crippen molar-refractivity contribution in [1.82, 2.24) is 4.90 Å². The number of nitrogens with zero attached hydrogens (tertiary/aromatic N) is 1. The first kappa shape index (κ1) is 14.4. The lowest BCUT2D eigenvalue weighted by atomic mass is 10.1. The van der Waals surface area contributed by atoms with Crippen LogP contribution in [0.25, 0.3) is 0 Å². The molecule has 0 aromatic carbocycles. The van der Waals surface area contributed by atoms with Crippen molar-refractivity contribution in [1.29, 1.82) is 0 Å². The van der Waals surface area contributed by atoms with Gasteiger partial charge in [-0.05, 0) is 13.8 Å².